The predicted molar refractivity (Wildman–Crippen MR) is 86.3 cm³/mol. The normalized spacial score (nSPS) is 12.7. The van der Waals surface area contributed by atoms with Crippen molar-refractivity contribution in [2.45, 2.75) is 46.6 Å². The van der Waals surface area contributed by atoms with Gasteiger partial charge in [-0.25, -0.2) is 0 Å². The first-order valence-electron chi connectivity index (χ1n) is 7.26. The first-order chi connectivity index (χ1) is 9.58. The number of aromatic nitrogens is 2. The zero-order chi connectivity index (χ0) is 14.5. The van der Waals surface area contributed by atoms with E-state index in [2.05, 4.69) is 67.5 Å². The van der Waals surface area contributed by atoms with Gasteiger partial charge in [0, 0.05) is 0 Å². The van der Waals surface area contributed by atoms with Crippen molar-refractivity contribution in [2.24, 2.45) is 5.92 Å². The fraction of sp³-hybridized carbons (Fsp3) is 0.500. The van der Waals surface area contributed by atoms with Crippen molar-refractivity contribution >= 4 is 16.5 Å². The lowest BCUT2D eigenvalue weighted by atomic mass is 10.00. The number of anilines is 1. The molecule has 108 valence electrons. The highest BCUT2D eigenvalue weighted by Gasteiger charge is 2.09. The number of benzene rings is 1. The minimum absolute atomic E-state index is 0.251. The molecule has 1 heterocycles. The molecule has 20 heavy (non-hydrogen) atoms. The Morgan fingerprint density at radius 2 is 1.80 bits per heavy atom. The van der Waals surface area contributed by atoms with Crippen LogP contribution in [0.5, 0.6) is 0 Å². The van der Waals surface area contributed by atoms with E-state index in [0.29, 0.717) is 5.92 Å². The molecule has 0 fully saturated rings. The van der Waals surface area contributed by atoms with Crippen molar-refractivity contribution in [1.82, 2.24) is 10.2 Å². The third-order valence-electron chi connectivity index (χ3n) is 3.23. The average Bonchev–Trinajstić information content (AvgIpc) is 2.86. The van der Waals surface area contributed by atoms with Crippen molar-refractivity contribution in [3.63, 3.8) is 0 Å². The van der Waals surface area contributed by atoms with Crippen LogP contribution in [-0.4, -0.2) is 10.2 Å². The smallest absolute Gasteiger partial charge is 0.206 e. The Bertz CT molecular complexity index is 531. The molecule has 0 saturated carbocycles. The first kappa shape index (κ1) is 15.0. The monoisotopic (exact) mass is 289 g/mol. The maximum Gasteiger partial charge on any atom is 0.206 e. The average molecular weight is 289 g/mol. The van der Waals surface area contributed by atoms with Crippen LogP contribution in [0.3, 0.4) is 0 Å². The van der Waals surface area contributed by atoms with Crippen LogP contribution >= 0.6 is 11.3 Å². The quantitative estimate of drug-likeness (QED) is 0.852. The Kier molecular flexibility index (Phi) is 5.12. The summed E-state index contributed by atoms with van der Waals surface area (Å²) in [5.74, 6) is 0.699. The largest absolute Gasteiger partial charge is 0.354 e. The Morgan fingerprint density at radius 3 is 2.35 bits per heavy atom. The van der Waals surface area contributed by atoms with Gasteiger partial charge in [0.25, 0.3) is 0 Å². The third kappa shape index (κ3) is 4.04. The van der Waals surface area contributed by atoms with Gasteiger partial charge in [0.05, 0.1) is 6.04 Å². The molecule has 3 nitrogen and oxygen atoms in total. The van der Waals surface area contributed by atoms with Crippen LogP contribution in [-0.2, 0) is 12.8 Å². The molecule has 2 aromatic rings. The van der Waals surface area contributed by atoms with Gasteiger partial charge in [0.15, 0.2) is 0 Å². The molecule has 2 rings (SSSR count). The minimum atomic E-state index is 0.251. The van der Waals surface area contributed by atoms with Gasteiger partial charge in [-0.15, -0.1) is 10.2 Å². The second-order valence-corrected chi connectivity index (χ2v) is 6.62. The number of hydrogen-bond donors (Lipinski definition) is 1. The van der Waals surface area contributed by atoms with E-state index in [1.54, 1.807) is 11.3 Å². The summed E-state index contributed by atoms with van der Waals surface area (Å²) < 4.78 is 0. The van der Waals surface area contributed by atoms with Crippen LogP contribution in [0.1, 0.15) is 49.9 Å². The van der Waals surface area contributed by atoms with Crippen molar-refractivity contribution in [1.29, 1.82) is 0 Å². The number of rotatable bonds is 6. The van der Waals surface area contributed by atoms with Crippen molar-refractivity contribution in [3.8, 4) is 0 Å². The predicted octanol–water partition coefficient (Wildman–Crippen LogP) is 4.47. The van der Waals surface area contributed by atoms with Crippen molar-refractivity contribution < 1.29 is 0 Å². The highest BCUT2D eigenvalue weighted by Crippen LogP contribution is 2.23. The molecule has 1 atom stereocenters. The molecular weight excluding hydrogens is 266 g/mol. The van der Waals surface area contributed by atoms with Gasteiger partial charge in [0.2, 0.25) is 5.13 Å². The van der Waals surface area contributed by atoms with E-state index in [1.807, 2.05) is 0 Å². The molecule has 1 aromatic carbocycles. The highest BCUT2D eigenvalue weighted by atomic mass is 32.1. The lowest BCUT2D eigenvalue weighted by molar-refractivity contribution is 0.647. The second kappa shape index (κ2) is 6.84. The Morgan fingerprint density at radius 1 is 1.10 bits per heavy atom. The summed E-state index contributed by atoms with van der Waals surface area (Å²) in [6.45, 7) is 8.75. The molecule has 0 bridgehead atoms. The Labute approximate surface area is 125 Å². The van der Waals surface area contributed by atoms with Crippen molar-refractivity contribution in [2.75, 3.05) is 5.32 Å². The van der Waals surface area contributed by atoms with Crippen LogP contribution in [0.4, 0.5) is 5.13 Å². The SMILES string of the molecule is CCc1nnc(NC(C)c2ccc(CC(C)C)cc2)s1. The molecule has 1 aromatic heterocycles. The van der Waals surface area contributed by atoms with Gasteiger partial charge < -0.3 is 5.32 Å². The molecule has 0 radical (unpaired) electrons. The lowest BCUT2D eigenvalue weighted by Gasteiger charge is -2.14. The van der Waals surface area contributed by atoms with Crippen LogP contribution < -0.4 is 5.32 Å². The summed E-state index contributed by atoms with van der Waals surface area (Å²) >= 11 is 1.63. The number of aryl methyl sites for hydroxylation is 1. The maximum absolute atomic E-state index is 4.17. The topological polar surface area (TPSA) is 37.8 Å². The fourth-order valence-electron chi connectivity index (χ4n) is 2.14. The van der Waals surface area contributed by atoms with Crippen LogP contribution in [0.25, 0.3) is 0 Å². The van der Waals surface area contributed by atoms with Crippen molar-refractivity contribution in [3.05, 3.63) is 40.4 Å². The van der Waals surface area contributed by atoms with Crippen LogP contribution in [0.15, 0.2) is 24.3 Å². The molecule has 0 amide bonds. The van der Waals surface area contributed by atoms with Gasteiger partial charge in [-0.05, 0) is 36.8 Å². The molecule has 0 aliphatic rings. The minimum Gasteiger partial charge on any atom is -0.354 e. The van der Waals surface area contributed by atoms with E-state index in [1.165, 1.54) is 11.1 Å². The molecule has 0 aliphatic heterocycles. The van der Waals surface area contributed by atoms with Gasteiger partial charge in [-0.2, -0.15) is 0 Å². The summed E-state index contributed by atoms with van der Waals surface area (Å²) in [7, 11) is 0. The number of nitrogens with one attached hydrogen (secondary N) is 1. The fourth-order valence-corrected chi connectivity index (χ4v) is 2.90. The summed E-state index contributed by atoms with van der Waals surface area (Å²) in [6, 6.07) is 9.12. The van der Waals surface area contributed by atoms with Gasteiger partial charge in [-0.3, -0.25) is 0 Å². The van der Waals surface area contributed by atoms with E-state index in [9.17, 15) is 0 Å². The van der Waals surface area contributed by atoms with E-state index in [0.717, 1.165) is 23.0 Å². The number of hydrogen-bond acceptors (Lipinski definition) is 4. The maximum atomic E-state index is 4.17. The zero-order valence-electron chi connectivity index (χ0n) is 12.7. The van der Waals surface area contributed by atoms with E-state index in [-0.39, 0.29) is 6.04 Å². The second-order valence-electron chi connectivity index (χ2n) is 5.56. The Hall–Kier alpha value is -1.42. The Balaban J connectivity index is 1.99. The van der Waals surface area contributed by atoms with E-state index < -0.39 is 0 Å². The molecule has 1 N–H and O–H groups in total. The van der Waals surface area contributed by atoms with Crippen LogP contribution in [0, 0.1) is 5.92 Å². The summed E-state index contributed by atoms with van der Waals surface area (Å²) in [4.78, 5) is 0. The number of nitrogens with zero attached hydrogens (tertiary/aromatic N) is 2. The van der Waals surface area contributed by atoms with Gasteiger partial charge in [0.1, 0.15) is 5.01 Å². The molecule has 0 spiro atoms. The molecular formula is C16H23N3S. The van der Waals surface area contributed by atoms with Gasteiger partial charge >= 0.3 is 0 Å². The van der Waals surface area contributed by atoms with E-state index >= 15 is 0 Å². The summed E-state index contributed by atoms with van der Waals surface area (Å²) in [5, 5.41) is 13.7. The van der Waals surface area contributed by atoms with Crippen LogP contribution in [0.2, 0.25) is 0 Å². The zero-order valence-corrected chi connectivity index (χ0v) is 13.5. The molecule has 0 aliphatic carbocycles. The lowest BCUT2D eigenvalue weighted by Crippen LogP contribution is -2.06. The van der Waals surface area contributed by atoms with E-state index in [4.69, 9.17) is 0 Å². The molecule has 4 heteroatoms. The first-order valence-corrected chi connectivity index (χ1v) is 8.08. The standard InChI is InChI=1S/C16H23N3S/c1-5-15-18-19-16(20-15)17-12(4)14-8-6-13(7-9-14)10-11(2)3/h6-9,11-12H,5,10H2,1-4H3,(H,17,19). The summed E-state index contributed by atoms with van der Waals surface area (Å²) in [5.41, 5.74) is 2.69. The highest BCUT2D eigenvalue weighted by molar-refractivity contribution is 7.15. The molecule has 0 saturated heterocycles. The van der Waals surface area contributed by atoms with Gasteiger partial charge in [-0.1, -0.05) is 56.4 Å². The summed E-state index contributed by atoms with van der Waals surface area (Å²) in [6.07, 6.45) is 2.08. The third-order valence-corrected chi connectivity index (χ3v) is 4.23. The molecule has 1 unspecified atom stereocenters.